The summed E-state index contributed by atoms with van der Waals surface area (Å²) in [5.41, 5.74) is 15.5. The lowest BCUT2D eigenvalue weighted by Crippen LogP contribution is -2.26. The summed E-state index contributed by atoms with van der Waals surface area (Å²) in [5.74, 6) is 0. The van der Waals surface area contributed by atoms with Gasteiger partial charge < -0.3 is 0 Å². The molecule has 7 aromatic carbocycles. The van der Waals surface area contributed by atoms with Gasteiger partial charge in [0.05, 0.1) is 5.41 Å². The summed E-state index contributed by atoms with van der Waals surface area (Å²) in [4.78, 5) is 0. The van der Waals surface area contributed by atoms with Crippen LogP contribution in [0.4, 0.5) is 0 Å². The zero-order valence-corrected chi connectivity index (χ0v) is 24.7. The molecule has 0 saturated heterocycles. The first kappa shape index (κ1) is 24.2. The van der Waals surface area contributed by atoms with Gasteiger partial charge in [-0.3, -0.25) is 0 Å². The first-order valence-electron chi connectivity index (χ1n) is 15.3. The van der Waals surface area contributed by atoms with Crippen LogP contribution in [0.3, 0.4) is 0 Å². The molecule has 0 amide bonds. The van der Waals surface area contributed by atoms with Crippen molar-refractivity contribution in [3.05, 3.63) is 180 Å². The summed E-state index contributed by atoms with van der Waals surface area (Å²) in [6.07, 6.45) is 0. The van der Waals surface area contributed by atoms with E-state index in [1.807, 2.05) is 11.3 Å². The summed E-state index contributed by atoms with van der Waals surface area (Å²) in [6, 6.07) is 59.0. The topological polar surface area (TPSA) is 0 Å². The number of rotatable bonds is 2. The molecule has 0 radical (unpaired) electrons. The molecule has 1 heteroatoms. The van der Waals surface area contributed by atoms with Gasteiger partial charge in [0, 0.05) is 20.2 Å². The van der Waals surface area contributed by atoms with Crippen molar-refractivity contribution < 1.29 is 0 Å². The lowest BCUT2D eigenvalue weighted by molar-refractivity contribution is 0.794. The lowest BCUT2D eigenvalue weighted by atomic mass is 9.70. The van der Waals surface area contributed by atoms with Crippen LogP contribution in [0.15, 0.2) is 158 Å². The molecule has 0 aliphatic heterocycles. The number of hydrogen-bond acceptors (Lipinski definition) is 1. The number of fused-ring (bicyclic) bond motifs is 13. The Kier molecular flexibility index (Phi) is 4.90. The Balaban J connectivity index is 1.27. The average molecular weight is 575 g/mol. The highest BCUT2D eigenvalue weighted by Crippen LogP contribution is 2.63. The Bertz CT molecular complexity index is 2400. The molecule has 44 heavy (non-hydrogen) atoms. The highest BCUT2D eigenvalue weighted by molar-refractivity contribution is 7.25. The van der Waals surface area contributed by atoms with Crippen molar-refractivity contribution in [2.24, 2.45) is 0 Å². The largest absolute Gasteiger partial charge is 0.135 e. The summed E-state index contributed by atoms with van der Waals surface area (Å²) in [6.45, 7) is 0. The van der Waals surface area contributed by atoms with Crippen molar-refractivity contribution in [3.63, 3.8) is 0 Å². The van der Waals surface area contributed by atoms with Crippen LogP contribution in [0.2, 0.25) is 0 Å². The fourth-order valence-corrected chi connectivity index (χ4v) is 9.12. The molecule has 204 valence electrons. The minimum Gasteiger partial charge on any atom is -0.135 e. The van der Waals surface area contributed by atoms with E-state index >= 15 is 0 Å². The quantitative estimate of drug-likeness (QED) is 0.193. The van der Waals surface area contributed by atoms with E-state index in [0.717, 1.165) is 0 Å². The van der Waals surface area contributed by atoms with Gasteiger partial charge in [-0.2, -0.15) is 0 Å². The van der Waals surface area contributed by atoms with Gasteiger partial charge in [0.1, 0.15) is 0 Å². The van der Waals surface area contributed by atoms with Crippen molar-refractivity contribution in [1.29, 1.82) is 0 Å². The van der Waals surface area contributed by atoms with Crippen LogP contribution in [0.5, 0.6) is 0 Å². The third-order valence-electron chi connectivity index (χ3n) is 9.91. The summed E-state index contributed by atoms with van der Waals surface area (Å²) in [5, 5.41) is 2.68. The third-order valence-corrected chi connectivity index (χ3v) is 11.1. The predicted octanol–water partition coefficient (Wildman–Crippen LogP) is 11.7. The zero-order chi connectivity index (χ0) is 28.8. The van der Waals surface area contributed by atoms with Crippen LogP contribution in [0.1, 0.15) is 22.3 Å². The van der Waals surface area contributed by atoms with Gasteiger partial charge >= 0.3 is 0 Å². The molecule has 1 spiro atoms. The standard InChI is InChI=1S/C43H26S/c1-2-10-27(11-3-1)29-18-21-33-34-22-19-30(28-20-23-42-36(24-28)35-14-6-9-17-41(35)44-42)26-40(34)43(39(33)25-29)37-15-7-4-12-31(37)32-13-5-8-16-38(32)43/h1-26H. The van der Waals surface area contributed by atoms with Crippen molar-refractivity contribution in [2.75, 3.05) is 0 Å². The Hall–Kier alpha value is -5.24. The first-order valence-corrected chi connectivity index (χ1v) is 16.1. The maximum absolute atomic E-state index is 2.49. The summed E-state index contributed by atoms with van der Waals surface area (Å²) in [7, 11) is 0. The van der Waals surface area contributed by atoms with E-state index in [4.69, 9.17) is 0 Å². The van der Waals surface area contributed by atoms with Gasteiger partial charge in [-0.25, -0.2) is 0 Å². The van der Waals surface area contributed by atoms with Crippen LogP contribution in [0, 0.1) is 0 Å². The fraction of sp³-hybridized carbons (Fsp3) is 0.0233. The molecule has 1 heterocycles. The molecular formula is C43H26S. The molecule has 0 bridgehead atoms. The van der Waals surface area contributed by atoms with Crippen LogP contribution >= 0.6 is 11.3 Å². The van der Waals surface area contributed by atoms with E-state index in [-0.39, 0.29) is 5.41 Å². The fourth-order valence-electron chi connectivity index (χ4n) is 8.03. The average Bonchev–Trinajstić information content (AvgIpc) is 3.72. The molecule has 0 fully saturated rings. The minimum absolute atomic E-state index is 0.377. The van der Waals surface area contributed by atoms with Gasteiger partial charge in [-0.1, -0.05) is 127 Å². The van der Waals surface area contributed by atoms with Crippen LogP contribution in [0.25, 0.3) is 64.7 Å². The van der Waals surface area contributed by atoms with Gasteiger partial charge in [-0.15, -0.1) is 11.3 Å². The molecule has 0 saturated carbocycles. The molecular weight excluding hydrogens is 549 g/mol. The third kappa shape index (κ3) is 3.12. The maximum atomic E-state index is 2.49. The molecule has 2 aliphatic carbocycles. The van der Waals surface area contributed by atoms with E-state index in [0.29, 0.717) is 0 Å². The van der Waals surface area contributed by atoms with E-state index < -0.39 is 0 Å². The van der Waals surface area contributed by atoms with Gasteiger partial charge in [0.25, 0.3) is 0 Å². The van der Waals surface area contributed by atoms with Gasteiger partial charge in [0.15, 0.2) is 0 Å². The normalized spacial score (nSPS) is 13.6. The minimum atomic E-state index is -0.377. The maximum Gasteiger partial charge on any atom is 0.0725 e. The second-order valence-electron chi connectivity index (χ2n) is 12.0. The highest BCUT2D eigenvalue weighted by atomic mass is 32.1. The van der Waals surface area contributed by atoms with Crippen LogP contribution in [-0.4, -0.2) is 0 Å². The van der Waals surface area contributed by atoms with Crippen molar-refractivity contribution in [2.45, 2.75) is 5.41 Å². The zero-order valence-electron chi connectivity index (χ0n) is 23.9. The molecule has 10 rings (SSSR count). The van der Waals surface area contributed by atoms with E-state index in [9.17, 15) is 0 Å². The summed E-state index contributed by atoms with van der Waals surface area (Å²) < 4.78 is 2.68. The number of hydrogen-bond donors (Lipinski definition) is 0. The first-order chi connectivity index (χ1) is 21.8. The smallest absolute Gasteiger partial charge is 0.0725 e. The molecule has 0 unspecified atom stereocenters. The number of benzene rings is 7. The number of thiophene rings is 1. The van der Waals surface area contributed by atoms with Crippen molar-refractivity contribution in [1.82, 2.24) is 0 Å². The second-order valence-corrected chi connectivity index (χ2v) is 13.1. The van der Waals surface area contributed by atoms with Gasteiger partial charge in [0.2, 0.25) is 0 Å². The lowest BCUT2D eigenvalue weighted by Gasteiger charge is -2.31. The van der Waals surface area contributed by atoms with Crippen LogP contribution in [-0.2, 0) is 5.41 Å². The Morgan fingerprint density at radius 2 is 0.818 bits per heavy atom. The van der Waals surface area contributed by atoms with Crippen molar-refractivity contribution in [3.8, 4) is 44.5 Å². The Labute approximate surface area is 260 Å². The Morgan fingerprint density at radius 1 is 0.318 bits per heavy atom. The van der Waals surface area contributed by atoms with E-state index in [2.05, 4.69) is 158 Å². The van der Waals surface area contributed by atoms with Crippen molar-refractivity contribution >= 4 is 31.5 Å². The Morgan fingerprint density at radius 3 is 1.52 bits per heavy atom. The predicted molar refractivity (Wildman–Crippen MR) is 187 cm³/mol. The van der Waals surface area contributed by atoms with Gasteiger partial charge in [-0.05, 0) is 97.1 Å². The molecule has 2 aliphatic rings. The SMILES string of the molecule is c1ccc(-c2ccc3c(c2)C2(c4ccccc4-c4ccccc42)c2cc(-c4ccc5sc6ccccc6c5c4)ccc2-3)cc1. The second kappa shape index (κ2) is 8.89. The van der Waals surface area contributed by atoms with E-state index in [1.165, 1.54) is 86.9 Å². The summed E-state index contributed by atoms with van der Waals surface area (Å²) >= 11 is 1.88. The monoisotopic (exact) mass is 574 g/mol. The molecule has 0 atom stereocenters. The molecule has 0 nitrogen and oxygen atoms in total. The highest BCUT2D eigenvalue weighted by Gasteiger charge is 2.51. The van der Waals surface area contributed by atoms with E-state index in [1.54, 1.807) is 0 Å². The molecule has 0 N–H and O–H groups in total. The van der Waals surface area contributed by atoms with Crippen LogP contribution < -0.4 is 0 Å². The molecule has 1 aromatic heterocycles. The molecule has 8 aromatic rings.